The molecule has 5 heteroatoms. The predicted octanol–water partition coefficient (Wildman–Crippen LogP) is 4.61. The second kappa shape index (κ2) is 7.50. The first-order valence-electron chi connectivity index (χ1n) is 8.77. The van der Waals surface area contributed by atoms with E-state index >= 15 is 0 Å². The topological polar surface area (TPSA) is 49.2 Å². The molecular formula is C20H25N3OS. The van der Waals surface area contributed by atoms with Crippen molar-refractivity contribution in [1.82, 2.24) is 9.97 Å². The maximum absolute atomic E-state index is 9.41. The average Bonchev–Trinajstić information content (AvgIpc) is 3.02. The normalized spacial score (nSPS) is 11.4. The van der Waals surface area contributed by atoms with Crippen LogP contribution < -0.4 is 4.90 Å². The summed E-state index contributed by atoms with van der Waals surface area (Å²) in [5.74, 6) is 2.21. The lowest BCUT2D eigenvalue weighted by Crippen LogP contribution is -2.27. The van der Waals surface area contributed by atoms with Crippen molar-refractivity contribution in [1.29, 1.82) is 0 Å². The number of nitrogens with zero attached hydrogens (tertiary/aromatic N) is 3. The van der Waals surface area contributed by atoms with E-state index < -0.39 is 0 Å². The first-order valence-corrected chi connectivity index (χ1v) is 9.65. The number of rotatable bonds is 6. The Morgan fingerprint density at radius 1 is 1.16 bits per heavy atom. The van der Waals surface area contributed by atoms with E-state index in [0.29, 0.717) is 12.5 Å². The fourth-order valence-corrected chi connectivity index (χ4v) is 4.04. The van der Waals surface area contributed by atoms with Gasteiger partial charge in [0.1, 0.15) is 16.5 Å². The van der Waals surface area contributed by atoms with Gasteiger partial charge in [-0.2, -0.15) is 0 Å². The largest absolute Gasteiger partial charge is 0.395 e. The van der Waals surface area contributed by atoms with Gasteiger partial charge in [-0.3, -0.25) is 0 Å². The van der Waals surface area contributed by atoms with Crippen LogP contribution in [0.15, 0.2) is 29.6 Å². The molecule has 1 aromatic carbocycles. The van der Waals surface area contributed by atoms with Crippen LogP contribution in [0, 0.1) is 6.92 Å². The van der Waals surface area contributed by atoms with E-state index in [1.807, 2.05) is 6.92 Å². The van der Waals surface area contributed by atoms with Gasteiger partial charge in [0.25, 0.3) is 0 Å². The highest BCUT2D eigenvalue weighted by molar-refractivity contribution is 7.17. The number of aliphatic hydroxyl groups excluding tert-OH is 1. The molecule has 0 saturated carbocycles. The summed E-state index contributed by atoms with van der Waals surface area (Å²) >= 11 is 1.65. The number of likely N-dealkylation sites (N-methyl/N-ethyl adjacent to an activating group) is 1. The summed E-state index contributed by atoms with van der Waals surface area (Å²) in [5.41, 5.74) is 3.69. The summed E-state index contributed by atoms with van der Waals surface area (Å²) in [6.07, 6.45) is 0. The second-order valence-corrected chi connectivity index (χ2v) is 7.36. The van der Waals surface area contributed by atoms with Gasteiger partial charge in [0.2, 0.25) is 0 Å². The van der Waals surface area contributed by atoms with E-state index in [4.69, 9.17) is 4.98 Å². The van der Waals surface area contributed by atoms with Crippen molar-refractivity contribution in [2.75, 3.05) is 24.6 Å². The van der Waals surface area contributed by atoms with E-state index in [1.165, 1.54) is 16.7 Å². The summed E-state index contributed by atoms with van der Waals surface area (Å²) in [6, 6.07) is 8.76. The number of anilines is 1. The van der Waals surface area contributed by atoms with Gasteiger partial charge in [-0.25, -0.2) is 9.97 Å². The smallest absolute Gasteiger partial charge is 0.141 e. The first kappa shape index (κ1) is 17.8. The van der Waals surface area contributed by atoms with Crippen LogP contribution in [0.5, 0.6) is 0 Å². The van der Waals surface area contributed by atoms with Gasteiger partial charge in [-0.05, 0) is 30.9 Å². The van der Waals surface area contributed by atoms with Crippen LogP contribution >= 0.6 is 11.3 Å². The van der Waals surface area contributed by atoms with E-state index in [9.17, 15) is 5.11 Å². The van der Waals surface area contributed by atoms with Gasteiger partial charge in [0, 0.05) is 24.0 Å². The van der Waals surface area contributed by atoms with Gasteiger partial charge in [-0.15, -0.1) is 11.3 Å². The SMILES string of the molecule is CCN(CCO)c1nc(C)nc2scc(-c3ccc(C(C)C)cc3)c12. The molecule has 0 spiro atoms. The van der Waals surface area contributed by atoms with Crippen molar-refractivity contribution in [3.05, 3.63) is 41.0 Å². The van der Waals surface area contributed by atoms with Crippen LogP contribution in [0.3, 0.4) is 0 Å². The lowest BCUT2D eigenvalue weighted by molar-refractivity contribution is 0.302. The summed E-state index contributed by atoms with van der Waals surface area (Å²) in [6.45, 7) is 9.91. The molecule has 132 valence electrons. The highest BCUT2D eigenvalue weighted by Crippen LogP contribution is 2.38. The highest BCUT2D eigenvalue weighted by atomic mass is 32.1. The standard InChI is InChI=1S/C20H25N3OS/c1-5-23(10-11-24)19-18-17(12-25-20(18)22-14(4)21-19)16-8-6-15(7-9-16)13(2)3/h6-9,12-13,24H,5,10-11H2,1-4H3. The number of hydrogen-bond acceptors (Lipinski definition) is 5. The molecule has 25 heavy (non-hydrogen) atoms. The summed E-state index contributed by atoms with van der Waals surface area (Å²) < 4.78 is 0. The van der Waals surface area contributed by atoms with Crippen molar-refractivity contribution < 1.29 is 5.11 Å². The number of aromatic nitrogens is 2. The summed E-state index contributed by atoms with van der Waals surface area (Å²) in [7, 11) is 0. The minimum atomic E-state index is 0.112. The van der Waals surface area contributed by atoms with E-state index in [2.05, 4.69) is 60.3 Å². The molecule has 0 aliphatic heterocycles. The van der Waals surface area contributed by atoms with Crippen molar-refractivity contribution in [3.63, 3.8) is 0 Å². The Bertz CT molecular complexity index is 855. The zero-order valence-electron chi connectivity index (χ0n) is 15.3. The fourth-order valence-electron chi connectivity index (χ4n) is 3.05. The van der Waals surface area contributed by atoms with Crippen molar-refractivity contribution >= 4 is 27.4 Å². The van der Waals surface area contributed by atoms with Crippen LogP contribution in [0.2, 0.25) is 0 Å². The molecule has 4 nitrogen and oxygen atoms in total. The van der Waals surface area contributed by atoms with Crippen molar-refractivity contribution in [2.24, 2.45) is 0 Å². The van der Waals surface area contributed by atoms with Crippen LogP contribution in [0.25, 0.3) is 21.3 Å². The Kier molecular flexibility index (Phi) is 5.35. The second-order valence-electron chi connectivity index (χ2n) is 6.50. The fraction of sp³-hybridized carbons (Fsp3) is 0.400. The molecule has 3 aromatic rings. The molecule has 0 bridgehead atoms. The third-order valence-electron chi connectivity index (χ3n) is 4.47. The first-order chi connectivity index (χ1) is 12.0. The Balaban J connectivity index is 2.16. The molecule has 1 N–H and O–H groups in total. The van der Waals surface area contributed by atoms with E-state index in [1.54, 1.807) is 11.3 Å². The lowest BCUT2D eigenvalue weighted by atomic mass is 9.99. The molecule has 3 rings (SSSR count). The number of benzene rings is 1. The molecular weight excluding hydrogens is 330 g/mol. The molecule has 0 fully saturated rings. The third kappa shape index (κ3) is 3.53. The monoisotopic (exact) mass is 355 g/mol. The number of aliphatic hydroxyl groups is 1. The van der Waals surface area contributed by atoms with Gasteiger partial charge in [0.15, 0.2) is 0 Å². The number of aryl methyl sites for hydroxylation is 1. The Morgan fingerprint density at radius 3 is 2.48 bits per heavy atom. The van der Waals surface area contributed by atoms with Crippen LogP contribution in [-0.2, 0) is 0 Å². The van der Waals surface area contributed by atoms with Crippen LogP contribution in [-0.4, -0.2) is 34.8 Å². The molecule has 0 unspecified atom stereocenters. The molecule has 2 heterocycles. The lowest BCUT2D eigenvalue weighted by Gasteiger charge is -2.22. The molecule has 0 aliphatic rings. The number of thiophene rings is 1. The number of fused-ring (bicyclic) bond motifs is 1. The predicted molar refractivity (Wildman–Crippen MR) is 107 cm³/mol. The van der Waals surface area contributed by atoms with Gasteiger partial charge < -0.3 is 10.0 Å². The van der Waals surface area contributed by atoms with Gasteiger partial charge in [-0.1, -0.05) is 38.1 Å². The Labute approximate surface area is 153 Å². The zero-order valence-corrected chi connectivity index (χ0v) is 16.1. The molecule has 0 atom stereocenters. The molecule has 0 aliphatic carbocycles. The number of hydrogen-bond donors (Lipinski definition) is 1. The quantitative estimate of drug-likeness (QED) is 0.701. The highest BCUT2D eigenvalue weighted by Gasteiger charge is 2.18. The molecule has 0 saturated heterocycles. The minimum absolute atomic E-state index is 0.112. The van der Waals surface area contributed by atoms with Crippen LogP contribution in [0.1, 0.15) is 38.1 Å². The zero-order chi connectivity index (χ0) is 18.0. The average molecular weight is 356 g/mol. The maximum Gasteiger partial charge on any atom is 0.141 e. The Hall–Kier alpha value is -1.98. The molecule has 2 aromatic heterocycles. The molecule has 0 amide bonds. The van der Waals surface area contributed by atoms with Gasteiger partial charge in [0.05, 0.1) is 12.0 Å². The summed E-state index contributed by atoms with van der Waals surface area (Å²) in [4.78, 5) is 12.5. The summed E-state index contributed by atoms with van der Waals surface area (Å²) in [5, 5.41) is 12.7. The van der Waals surface area contributed by atoms with E-state index in [-0.39, 0.29) is 6.61 Å². The van der Waals surface area contributed by atoms with Crippen LogP contribution in [0.4, 0.5) is 5.82 Å². The maximum atomic E-state index is 9.41. The molecule has 0 radical (unpaired) electrons. The van der Waals surface area contributed by atoms with Crippen molar-refractivity contribution in [3.8, 4) is 11.1 Å². The van der Waals surface area contributed by atoms with E-state index in [0.717, 1.165) is 28.4 Å². The minimum Gasteiger partial charge on any atom is -0.395 e. The van der Waals surface area contributed by atoms with Gasteiger partial charge >= 0.3 is 0 Å². The third-order valence-corrected chi connectivity index (χ3v) is 5.34. The Morgan fingerprint density at radius 2 is 1.88 bits per heavy atom. The van der Waals surface area contributed by atoms with Crippen molar-refractivity contribution in [2.45, 2.75) is 33.6 Å².